The molecule has 1 aliphatic rings. The summed E-state index contributed by atoms with van der Waals surface area (Å²) >= 11 is 0. The van der Waals surface area contributed by atoms with Crippen molar-refractivity contribution >= 4 is 23.4 Å². The van der Waals surface area contributed by atoms with Gasteiger partial charge in [-0.3, -0.25) is 24.3 Å². The second kappa shape index (κ2) is 11.0. The van der Waals surface area contributed by atoms with Crippen LogP contribution in [0.2, 0.25) is 0 Å². The molecule has 1 aliphatic carbocycles. The van der Waals surface area contributed by atoms with Crippen molar-refractivity contribution in [3.8, 4) is 0 Å². The van der Waals surface area contributed by atoms with Crippen molar-refractivity contribution in [2.24, 2.45) is 0 Å². The Labute approximate surface area is 204 Å². The van der Waals surface area contributed by atoms with Gasteiger partial charge in [0.25, 0.3) is 5.91 Å². The number of benzene rings is 1. The highest BCUT2D eigenvalue weighted by Gasteiger charge is 2.35. The predicted molar refractivity (Wildman–Crippen MR) is 132 cm³/mol. The minimum absolute atomic E-state index is 0.0800. The van der Waals surface area contributed by atoms with E-state index in [0.29, 0.717) is 11.3 Å². The third-order valence-corrected chi connectivity index (χ3v) is 6.23. The third-order valence-electron chi connectivity index (χ3n) is 6.23. The van der Waals surface area contributed by atoms with Gasteiger partial charge in [-0.25, -0.2) is 0 Å². The fourth-order valence-corrected chi connectivity index (χ4v) is 4.53. The molecule has 8 heteroatoms. The molecule has 1 atom stereocenters. The molecule has 8 nitrogen and oxygen atoms in total. The van der Waals surface area contributed by atoms with Gasteiger partial charge >= 0.3 is 0 Å². The van der Waals surface area contributed by atoms with Gasteiger partial charge in [-0.15, -0.1) is 0 Å². The third kappa shape index (κ3) is 5.77. The van der Waals surface area contributed by atoms with Crippen LogP contribution in [0.3, 0.4) is 0 Å². The molecule has 1 fully saturated rings. The first-order valence-corrected chi connectivity index (χ1v) is 11.9. The number of pyridine rings is 1. The summed E-state index contributed by atoms with van der Waals surface area (Å²) in [5.41, 5.74) is 3.08. The number of anilines is 1. The lowest BCUT2D eigenvalue weighted by atomic mass is 10.0. The summed E-state index contributed by atoms with van der Waals surface area (Å²) in [5, 5.41) is 5.75. The number of amides is 3. The number of carbonyl (C=O) groups excluding carboxylic acids is 3. The van der Waals surface area contributed by atoms with Gasteiger partial charge in [0.2, 0.25) is 11.8 Å². The second-order valence-electron chi connectivity index (χ2n) is 8.89. The van der Waals surface area contributed by atoms with Crippen molar-refractivity contribution < 1.29 is 18.8 Å². The Hall–Kier alpha value is -3.94. The maximum atomic E-state index is 13.7. The van der Waals surface area contributed by atoms with Gasteiger partial charge in [-0.2, -0.15) is 0 Å². The van der Waals surface area contributed by atoms with Gasteiger partial charge in [0.15, 0.2) is 5.76 Å². The Morgan fingerprint density at radius 1 is 1.11 bits per heavy atom. The fourth-order valence-electron chi connectivity index (χ4n) is 4.53. The van der Waals surface area contributed by atoms with Gasteiger partial charge in [-0.05, 0) is 56.5 Å². The van der Waals surface area contributed by atoms with Gasteiger partial charge < -0.3 is 15.1 Å². The molecule has 2 N–H and O–H groups in total. The van der Waals surface area contributed by atoms with Crippen LogP contribution in [0.4, 0.5) is 5.69 Å². The molecule has 0 saturated heterocycles. The molecule has 182 valence electrons. The molecule has 1 aromatic carbocycles. The molecule has 0 unspecified atom stereocenters. The van der Waals surface area contributed by atoms with Crippen LogP contribution in [0.1, 0.15) is 59.0 Å². The molecule has 3 amide bonds. The molecule has 2 aromatic heterocycles. The number of rotatable bonds is 8. The van der Waals surface area contributed by atoms with E-state index in [-0.39, 0.29) is 24.3 Å². The van der Waals surface area contributed by atoms with Crippen LogP contribution in [-0.2, 0) is 9.59 Å². The number of furan rings is 1. The summed E-state index contributed by atoms with van der Waals surface area (Å²) in [6, 6.07) is 11.5. The SMILES string of the molecule is Cc1ccc(N(C(=O)CNC(=O)c2ccco2)[C@H](C(=O)NC2CCCC2)c2cccnc2)c(C)c1. The molecule has 3 aromatic rings. The van der Waals surface area contributed by atoms with Crippen LogP contribution < -0.4 is 15.5 Å². The lowest BCUT2D eigenvalue weighted by molar-refractivity contribution is -0.126. The smallest absolute Gasteiger partial charge is 0.287 e. The number of carbonyl (C=O) groups is 3. The zero-order valence-corrected chi connectivity index (χ0v) is 20.0. The summed E-state index contributed by atoms with van der Waals surface area (Å²) < 4.78 is 5.13. The molecule has 0 radical (unpaired) electrons. The van der Waals surface area contributed by atoms with Crippen LogP contribution >= 0.6 is 0 Å². The number of hydrogen-bond donors (Lipinski definition) is 2. The topological polar surface area (TPSA) is 105 Å². The first-order chi connectivity index (χ1) is 16.9. The summed E-state index contributed by atoms with van der Waals surface area (Å²) in [4.78, 5) is 45.5. The average Bonchev–Trinajstić information content (AvgIpc) is 3.56. The number of nitrogens with zero attached hydrogens (tertiary/aromatic N) is 2. The quantitative estimate of drug-likeness (QED) is 0.516. The van der Waals surface area contributed by atoms with Crippen LogP contribution in [0, 0.1) is 13.8 Å². The van der Waals surface area contributed by atoms with E-state index < -0.39 is 17.9 Å². The van der Waals surface area contributed by atoms with E-state index in [1.54, 1.807) is 30.6 Å². The maximum absolute atomic E-state index is 13.7. The Morgan fingerprint density at radius 2 is 1.91 bits per heavy atom. The monoisotopic (exact) mass is 474 g/mol. The Kier molecular flexibility index (Phi) is 7.60. The van der Waals surface area contributed by atoms with E-state index in [2.05, 4.69) is 15.6 Å². The second-order valence-corrected chi connectivity index (χ2v) is 8.89. The highest BCUT2D eigenvalue weighted by atomic mass is 16.3. The summed E-state index contributed by atoms with van der Waals surface area (Å²) in [6.45, 7) is 3.57. The summed E-state index contributed by atoms with van der Waals surface area (Å²) in [5.74, 6) is -1.08. The van der Waals surface area contributed by atoms with Gasteiger partial charge in [0.1, 0.15) is 6.04 Å². The first kappa shape index (κ1) is 24.2. The number of aryl methyl sites for hydroxylation is 2. The van der Waals surface area contributed by atoms with Crippen LogP contribution in [0.25, 0.3) is 0 Å². The Morgan fingerprint density at radius 3 is 2.57 bits per heavy atom. The number of hydrogen-bond acceptors (Lipinski definition) is 5. The Bertz CT molecular complexity index is 1170. The van der Waals surface area contributed by atoms with Gasteiger partial charge in [0.05, 0.1) is 12.8 Å². The molecule has 0 spiro atoms. The van der Waals surface area contributed by atoms with E-state index in [0.717, 1.165) is 36.8 Å². The summed E-state index contributed by atoms with van der Waals surface area (Å²) in [6.07, 6.45) is 8.60. The van der Waals surface area contributed by atoms with Crippen molar-refractivity contribution in [1.29, 1.82) is 0 Å². The lowest BCUT2D eigenvalue weighted by Crippen LogP contribution is -2.49. The average molecular weight is 475 g/mol. The molecule has 1 saturated carbocycles. The number of aromatic nitrogens is 1. The van der Waals surface area contributed by atoms with Crippen LogP contribution in [0.5, 0.6) is 0 Å². The molecule has 2 heterocycles. The fraction of sp³-hybridized carbons (Fsp3) is 0.333. The van der Waals surface area contributed by atoms with E-state index in [4.69, 9.17) is 4.42 Å². The van der Waals surface area contributed by atoms with Crippen molar-refractivity contribution in [3.05, 3.63) is 83.6 Å². The van der Waals surface area contributed by atoms with Crippen molar-refractivity contribution in [3.63, 3.8) is 0 Å². The van der Waals surface area contributed by atoms with E-state index in [1.807, 2.05) is 32.0 Å². The van der Waals surface area contributed by atoms with Gasteiger partial charge in [0, 0.05) is 29.7 Å². The highest BCUT2D eigenvalue weighted by Crippen LogP contribution is 2.31. The largest absolute Gasteiger partial charge is 0.459 e. The van der Waals surface area contributed by atoms with Crippen molar-refractivity contribution in [1.82, 2.24) is 15.6 Å². The molecule has 35 heavy (non-hydrogen) atoms. The first-order valence-electron chi connectivity index (χ1n) is 11.9. The lowest BCUT2D eigenvalue weighted by Gasteiger charge is -2.33. The van der Waals surface area contributed by atoms with E-state index in [9.17, 15) is 14.4 Å². The minimum Gasteiger partial charge on any atom is -0.459 e. The minimum atomic E-state index is -0.946. The molecular formula is C27H30N4O4. The predicted octanol–water partition coefficient (Wildman–Crippen LogP) is 3.85. The van der Waals surface area contributed by atoms with E-state index >= 15 is 0 Å². The van der Waals surface area contributed by atoms with Gasteiger partial charge in [-0.1, -0.05) is 36.6 Å². The highest BCUT2D eigenvalue weighted by molar-refractivity contribution is 6.04. The standard InChI is InChI=1S/C27H30N4O4/c1-18-11-12-22(19(2)15-18)31(24(32)17-29-26(33)23-10-6-14-35-23)25(20-7-5-13-28-16-20)27(34)30-21-8-3-4-9-21/h5-7,10-16,21,25H,3-4,8-9,17H2,1-2H3,(H,29,33)(H,30,34)/t25-/m0/s1. The van der Waals surface area contributed by atoms with Crippen LogP contribution in [-0.4, -0.2) is 35.3 Å². The molecular weight excluding hydrogens is 444 g/mol. The molecule has 0 bridgehead atoms. The zero-order chi connectivity index (χ0) is 24.8. The Balaban J connectivity index is 1.69. The molecule has 4 rings (SSSR count). The molecule has 0 aliphatic heterocycles. The maximum Gasteiger partial charge on any atom is 0.287 e. The van der Waals surface area contributed by atoms with E-state index in [1.165, 1.54) is 17.2 Å². The van der Waals surface area contributed by atoms with Crippen molar-refractivity contribution in [2.45, 2.75) is 51.6 Å². The summed E-state index contributed by atoms with van der Waals surface area (Å²) in [7, 11) is 0. The van der Waals surface area contributed by atoms with Crippen molar-refractivity contribution in [2.75, 3.05) is 11.4 Å². The van der Waals surface area contributed by atoms with Crippen LogP contribution in [0.15, 0.2) is 65.5 Å². The zero-order valence-electron chi connectivity index (χ0n) is 20.0. The normalized spacial score (nSPS) is 14.3. The number of nitrogens with one attached hydrogen (secondary N) is 2.